The molecule has 5 heteroatoms. The van der Waals surface area contributed by atoms with E-state index < -0.39 is 5.41 Å². The van der Waals surface area contributed by atoms with E-state index in [1.165, 1.54) is 0 Å². The van der Waals surface area contributed by atoms with Gasteiger partial charge in [-0.2, -0.15) is 0 Å². The number of benzene rings is 2. The molecule has 0 aliphatic carbocycles. The van der Waals surface area contributed by atoms with Crippen molar-refractivity contribution < 1.29 is 9.59 Å². The highest BCUT2D eigenvalue weighted by Crippen LogP contribution is 2.31. The number of amides is 2. The van der Waals surface area contributed by atoms with Gasteiger partial charge in [-0.25, -0.2) is 0 Å². The molecule has 156 valence electrons. The van der Waals surface area contributed by atoms with Crippen LogP contribution in [0, 0.1) is 11.3 Å². The van der Waals surface area contributed by atoms with Gasteiger partial charge in [0, 0.05) is 28.2 Å². The van der Waals surface area contributed by atoms with Crippen LogP contribution in [0.5, 0.6) is 0 Å². The van der Waals surface area contributed by atoms with Crippen molar-refractivity contribution in [3.63, 3.8) is 0 Å². The summed E-state index contributed by atoms with van der Waals surface area (Å²) in [4.78, 5) is 25.7. The number of carbonyl (C=O) groups excluding carboxylic acids is 2. The van der Waals surface area contributed by atoms with Crippen LogP contribution in [0.4, 0.5) is 5.69 Å². The van der Waals surface area contributed by atoms with Crippen LogP contribution in [0.15, 0.2) is 53.4 Å². The van der Waals surface area contributed by atoms with Crippen molar-refractivity contribution in [1.82, 2.24) is 5.32 Å². The summed E-state index contributed by atoms with van der Waals surface area (Å²) in [6.07, 6.45) is 0.971. The zero-order chi connectivity index (χ0) is 21.4. The van der Waals surface area contributed by atoms with Gasteiger partial charge in [-0.3, -0.25) is 9.59 Å². The third-order valence-corrected chi connectivity index (χ3v) is 5.55. The molecule has 2 N–H and O–H groups in total. The molecule has 29 heavy (non-hydrogen) atoms. The summed E-state index contributed by atoms with van der Waals surface area (Å²) in [7, 11) is 0. The molecule has 0 bridgehead atoms. The molecule has 4 nitrogen and oxygen atoms in total. The van der Waals surface area contributed by atoms with Gasteiger partial charge in [-0.15, -0.1) is 11.8 Å². The average Bonchev–Trinajstić information content (AvgIpc) is 2.66. The van der Waals surface area contributed by atoms with Gasteiger partial charge in [0.05, 0.1) is 5.69 Å². The minimum atomic E-state index is -0.449. The minimum Gasteiger partial charge on any atom is -0.352 e. The zero-order valence-electron chi connectivity index (χ0n) is 18.0. The largest absolute Gasteiger partial charge is 0.352 e. The van der Waals surface area contributed by atoms with Gasteiger partial charge >= 0.3 is 0 Å². The van der Waals surface area contributed by atoms with Crippen molar-refractivity contribution in [2.24, 2.45) is 11.3 Å². The number of para-hydroxylation sites is 1. The number of nitrogens with one attached hydrogen (secondary N) is 2. The summed E-state index contributed by atoms with van der Waals surface area (Å²) >= 11 is 1.65. The van der Waals surface area contributed by atoms with E-state index in [1.807, 2.05) is 69.3 Å². The quantitative estimate of drug-likeness (QED) is 0.544. The first-order chi connectivity index (χ1) is 13.7. The van der Waals surface area contributed by atoms with E-state index >= 15 is 0 Å². The highest BCUT2D eigenvalue weighted by molar-refractivity contribution is 7.98. The summed E-state index contributed by atoms with van der Waals surface area (Å²) in [5, 5.41) is 6.01. The average molecular weight is 413 g/mol. The van der Waals surface area contributed by atoms with E-state index in [-0.39, 0.29) is 11.8 Å². The second-order valence-electron chi connectivity index (χ2n) is 8.63. The lowest BCUT2D eigenvalue weighted by molar-refractivity contribution is -0.123. The van der Waals surface area contributed by atoms with Crippen LogP contribution in [-0.2, 0) is 10.5 Å². The number of thioether (sulfide) groups is 1. The van der Waals surface area contributed by atoms with Gasteiger partial charge in [-0.1, -0.05) is 58.9 Å². The number of rotatable bonds is 8. The molecule has 0 fully saturated rings. The molecular weight excluding hydrogens is 380 g/mol. The Kier molecular flexibility index (Phi) is 8.32. The van der Waals surface area contributed by atoms with Crippen molar-refractivity contribution in [3.8, 4) is 0 Å². The van der Waals surface area contributed by atoms with E-state index in [4.69, 9.17) is 0 Å². The van der Waals surface area contributed by atoms with E-state index in [0.717, 1.165) is 28.3 Å². The summed E-state index contributed by atoms with van der Waals surface area (Å²) in [6.45, 7) is 10.7. The Morgan fingerprint density at radius 1 is 1.03 bits per heavy atom. The summed E-state index contributed by atoms with van der Waals surface area (Å²) in [6, 6.07) is 15.5. The second kappa shape index (κ2) is 10.5. The van der Waals surface area contributed by atoms with Gasteiger partial charge in [0.25, 0.3) is 5.91 Å². The van der Waals surface area contributed by atoms with Crippen LogP contribution in [0.2, 0.25) is 0 Å². The van der Waals surface area contributed by atoms with Crippen molar-refractivity contribution in [1.29, 1.82) is 0 Å². The smallest absolute Gasteiger partial charge is 0.251 e. The van der Waals surface area contributed by atoms with Crippen LogP contribution in [-0.4, -0.2) is 18.4 Å². The van der Waals surface area contributed by atoms with Gasteiger partial charge < -0.3 is 10.6 Å². The van der Waals surface area contributed by atoms with Crippen LogP contribution >= 0.6 is 11.8 Å². The molecule has 0 aliphatic rings. The molecule has 0 spiro atoms. The zero-order valence-corrected chi connectivity index (χ0v) is 18.9. The monoisotopic (exact) mass is 412 g/mol. The molecule has 2 rings (SSSR count). The molecule has 0 saturated carbocycles. The minimum absolute atomic E-state index is 0.00869. The van der Waals surface area contributed by atoms with Gasteiger partial charge in [-0.05, 0) is 42.2 Å². The third-order valence-electron chi connectivity index (χ3n) is 4.41. The molecule has 0 aromatic heterocycles. The van der Waals surface area contributed by atoms with E-state index in [2.05, 4.69) is 24.5 Å². The Balaban J connectivity index is 2.02. The van der Waals surface area contributed by atoms with E-state index in [0.29, 0.717) is 18.0 Å². The first-order valence-corrected chi connectivity index (χ1v) is 11.1. The van der Waals surface area contributed by atoms with E-state index in [1.54, 1.807) is 11.8 Å². The number of anilines is 1. The standard InChI is InChI=1S/C24H32N2O2S/c1-17(2)13-14-25-22(27)19-10-8-9-18(15-19)16-29-21-12-7-6-11-20(21)26-23(28)24(3,4)5/h6-12,15,17H,13-14,16H2,1-5H3,(H,25,27)(H,26,28). The highest BCUT2D eigenvalue weighted by Gasteiger charge is 2.22. The third kappa shape index (κ3) is 7.58. The maximum absolute atomic E-state index is 12.4. The second-order valence-corrected chi connectivity index (χ2v) is 9.64. The highest BCUT2D eigenvalue weighted by atomic mass is 32.2. The Hall–Kier alpha value is -2.27. The lowest BCUT2D eigenvalue weighted by Gasteiger charge is -2.19. The predicted octanol–water partition coefficient (Wildman–Crippen LogP) is 5.74. The lowest BCUT2D eigenvalue weighted by Crippen LogP contribution is -2.27. The lowest BCUT2D eigenvalue weighted by atomic mass is 9.95. The fraction of sp³-hybridized carbons (Fsp3) is 0.417. The van der Waals surface area contributed by atoms with Crippen LogP contribution < -0.4 is 10.6 Å². The van der Waals surface area contributed by atoms with Crippen molar-refractivity contribution in [3.05, 3.63) is 59.7 Å². The van der Waals surface area contributed by atoms with Crippen LogP contribution in [0.3, 0.4) is 0 Å². The number of hydrogen-bond donors (Lipinski definition) is 2. The van der Waals surface area contributed by atoms with Crippen molar-refractivity contribution in [2.75, 3.05) is 11.9 Å². The molecule has 2 aromatic rings. The predicted molar refractivity (Wildman–Crippen MR) is 122 cm³/mol. The molecule has 0 atom stereocenters. The molecule has 2 aromatic carbocycles. The Morgan fingerprint density at radius 2 is 1.76 bits per heavy atom. The molecule has 0 saturated heterocycles. The Morgan fingerprint density at radius 3 is 2.45 bits per heavy atom. The van der Waals surface area contributed by atoms with Gasteiger partial charge in [0.2, 0.25) is 5.91 Å². The van der Waals surface area contributed by atoms with Crippen molar-refractivity contribution in [2.45, 2.75) is 51.7 Å². The van der Waals surface area contributed by atoms with Crippen molar-refractivity contribution >= 4 is 29.3 Å². The SMILES string of the molecule is CC(C)CCNC(=O)c1cccc(CSc2ccccc2NC(=O)C(C)(C)C)c1. The first kappa shape index (κ1) is 23.0. The Labute approximate surface area is 178 Å². The maximum atomic E-state index is 12.4. The molecule has 0 radical (unpaired) electrons. The Bertz CT molecular complexity index is 841. The van der Waals surface area contributed by atoms with Gasteiger partial charge in [0.15, 0.2) is 0 Å². The summed E-state index contributed by atoms with van der Waals surface area (Å²) in [5.41, 5.74) is 2.12. The summed E-state index contributed by atoms with van der Waals surface area (Å²) < 4.78 is 0. The van der Waals surface area contributed by atoms with E-state index in [9.17, 15) is 9.59 Å². The molecule has 0 aliphatic heterocycles. The topological polar surface area (TPSA) is 58.2 Å². The first-order valence-electron chi connectivity index (χ1n) is 10.1. The van der Waals surface area contributed by atoms with Gasteiger partial charge in [0.1, 0.15) is 0 Å². The fourth-order valence-corrected chi connectivity index (χ4v) is 3.50. The maximum Gasteiger partial charge on any atom is 0.251 e. The fourth-order valence-electron chi connectivity index (χ4n) is 2.55. The van der Waals surface area contributed by atoms with Crippen LogP contribution in [0.25, 0.3) is 0 Å². The molecule has 0 unspecified atom stereocenters. The normalized spacial score (nSPS) is 11.4. The molecule has 0 heterocycles. The number of hydrogen-bond acceptors (Lipinski definition) is 3. The molecule has 2 amide bonds. The molecular formula is C24H32N2O2S. The summed E-state index contributed by atoms with van der Waals surface area (Å²) in [5.74, 6) is 1.24. The van der Waals surface area contributed by atoms with Crippen LogP contribution in [0.1, 0.15) is 57.0 Å². The number of carbonyl (C=O) groups is 2.